The molecule has 0 aliphatic carbocycles. The summed E-state index contributed by atoms with van der Waals surface area (Å²) in [5.74, 6) is 0.879. The predicted octanol–water partition coefficient (Wildman–Crippen LogP) is 3.54. The van der Waals surface area contributed by atoms with E-state index in [1.165, 1.54) is 0 Å². The number of benzene rings is 1. The first-order valence-electron chi connectivity index (χ1n) is 10.1. The minimum absolute atomic E-state index is 0.240. The van der Waals surface area contributed by atoms with Crippen molar-refractivity contribution in [1.29, 1.82) is 0 Å². The Hall–Kier alpha value is -1.48. The van der Waals surface area contributed by atoms with Crippen LogP contribution in [0.15, 0.2) is 58.2 Å². The topological polar surface area (TPSA) is 62.7 Å². The molecular weight excluding hydrogens is 454 g/mol. The Morgan fingerprint density at radius 3 is 2.24 bits per heavy atom. The number of aromatic nitrogens is 1. The molecule has 1 aromatic heterocycles. The van der Waals surface area contributed by atoms with Gasteiger partial charge in [0.15, 0.2) is 0 Å². The average Bonchev–Trinajstić information content (AvgIpc) is 2.75. The van der Waals surface area contributed by atoms with Gasteiger partial charge in [-0.3, -0.25) is 4.98 Å². The molecule has 0 radical (unpaired) electrons. The molecule has 3 heterocycles. The fourth-order valence-corrected chi connectivity index (χ4v) is 6.64. The summed E-state index contributed by atoms with van der Waals surface area (Å²) in [6.07, 6.45) is 7.49. The number of nitrogens with zero attached hydrogens (tertiary/aromatic N) is 3. The molecule has 0 N–H and O–H groups in total. The lowest BCUT2D eigenvalue weighted by Crippen LogP contribution is -2.50. The summed E-state index contributed by atoms with van der Waals surface area (Å²) in [5, 5.41) is 0. The molecule has 0 bridgehead atoms. The zero-order chi connectivity index (χ0) is 20.3. The third kappa shape index (κ3) is 4.82. The number of sulfonamides is 1. The fourth-order valence-electron chi connectivity index (χ4n) is 4.21. The second kappa shape index (κ2) is 9.12. The van der Waals surface area contributed by atoms with E-state index in [0.717, 1.165) is 44.5 Å². The molecule has 156 valence electrons. The van der Waals surface area contributed by atoms with E-state index >= 15 is 0 Å². The van der Waals surface area contributed by atoms with Crippen LogP contribution in [0.3, 0.4) is 0 Å². The zero-order valence-electron chi connectivity index (χ0n) is 16.3. The molecule has 1 aromatic carbocycles. The lowest BCUT2D eigenvalue weighted by molar-refractivity contribution is 0.0585. The van der Waals surface area contributed by atoms with Crippen molar-refractivity contribution in [2.45, 2.75) is 42.7 Å². The Bertz CT molecular complexity index is 910. The van der Waals surface area contributed by atoms with Crippen molar-refractivity contribution < 1.29 is 13.2 Å². The second-order valence-corrected chi connectivity index (χ2v) is 10.4. The smallest absolute Gasteiger partial charge is 0.244 e. The summed E-state index contributed by atoms with van der Waals surface area (Å²) in [6, 6.07) is 11.3. The number of likely N-dealkylation sites (tertiary alicyclic amines) is 1. The largest absolute Gasteiger partial charge is 0.490 e. The quantitative estimate of drug-likeness (QED) is 0.655. The van der Waals surface area contributed by atoms with E-state index in [4.69, 9.17) is 4.74 Å². The van der Waals surface area contributed by atoms with Crippen LogP contribution in [0.25, 0.3) is 0 Å². The Balaban J connectivity index is 1.29. The van der Waals surface area contributed by atoms with Gasteiger partial charge in [0, 0.05) is 49.1 Å². The maximum absolute atomic E-state index is 13.0. The molecule has 4 rings (SSSR count). The van der Waals surface area contributed by atoms with Crippen LogP contribution in [0, 0.1) is 0 Å². The molecule has 2 fully saturated rings. The van der Waals surface area contributed by atoms with Gasteiger partial charge in [-0.2, -0.15) is 4.31 Å². The van der Waals surface area contributed by atoms with Gasteiger partial charge in [0.1, 0.15) is 11.9 Å². The van der Waals surface area contributed by atoms with Gasteiger partial charge < -0.3 is 9.64 Å². The average molecular weight is 480 g/mol. The molecular formula is C21H26BrN3O3S. The maximum atomic E-state index is 13.0. The van der Waals surface area contributed by atoms with E-state index in [0.29, 0.717) is 28.5 Å². The Kier molecular flexibility index (Phi) is 6.53. The van der Waals surface area contributed by atoms with Crippen molar-refractivity contribution in [3.63, 3.8) is 0 Å². The van der Waals surface area contributed by atoms with Crippen LogP contribution >= 0.6 is 15.9 Å². The van der Waals surface area contributed by atoms with Gasteiger partial charge in [0.25, 0.3) is 0 Å². The molecule has 0 atom stereocenters. The van der Waals surface area contributed by atoms with Crippen LogP contribution in [0.2, 0.25) is 0 Å². The van der Waals surface area contributed by atoms with Crippen molar-refractivity contribution >= 4 is 26.0 Å². The molecule has 0 amide bonds. The Labute approximate surface area is 181 Å². The number of pyridine rings is 1. The third-order valence-corrected chi connectivity index (χ3v) is 8.73. The number of hydrogen-bond acceptors (Lipinski definition) is 5. The van der Waals surface area contributed by atoms with Crippen LogP contribution in [0.4, 0.5) is 0 Å². The molecule has 29 heavy (non-hydrogen) atoms. The lowest BCUT2D eigenvalue weighted by atomic mass is 10.00. The van der Waals surface area contributed by atoms with Gasteiger partial charge in [-0.05, 0) is 65.9 Å². The minimum atomic E-state index is -3.45. The molecule has 2 aliphatic heterocycles. The monoisotopic (exact) mass is 479 g/mol. The van der Waals surface area contributed by atoms with E-state index in [-0.39, 0.29) is 6.10 Å². The van der Waals surface area contributed by atoms with Crippen molar-refractivity contribution in [1.82, 2.24) is 14.2 Å². The number of hydrogen-bond donors (Lipinski definition) is 0. The summed E-state index contributed by atoms with van der Waals surface area (Å²) >= 11 is 3.37. The molecule has 2 aliphatic rings. The van der Waals surface area contributed by atoms with Crippen molar-refractivity contribution in [2.24, 2.45) is 0 Å². The van der Waals surface area contributed by atoms with E-state index in [1.54, 1.807) is 34.9 Å². The van der Waals surface area contributed by atoms with E-state index in [2.05, 4.69) is 25.8 Å². The molecule has 0 spiro atoms. The van der Waals surface area contributed by atoms with Crippen molar-refractivity contribution in [3.05, 3.63) is 53.3 Å². The molecule has 0 unspecified atom stereocenters. The van der Waals surface area contributed by atoms with Crippen molar-refractivity contribution in [2.75, 3.05) is 26.2 Å². The van der Waals surface area contributed by atoms with E-state index in [1.807, 2.05) is 18.2 Å². The summed E-state index contributed by atoms with van der Waals surface area (Å²) in [6.45, 7) is 3.14. The van der Waals surface area contributed by atoms with Crippen LogP contribution in [-0.2, 0) is 10.0 Å². The summed E-state index contributed by atoms with van der Waals surface area (Å²) < 4.78 is 34.2. The summed E-state index contributed by atoms with van der Waals surface area (Å²) in [5.41, 5.74) is 0. The first-order valence-corrected chi connectivity index (χ1v) is 12.3. The lowest BCUT2D eigenvalue weighted by Gasteiger charge is -2.41. The standard InChI is InChI=1S/C21H26BrN3O3S/c22-20-3-1-2-4-21(20)29(26,27)25-15-7-17(8-16-25)24-13-9-19(10-14-24)28-18-5-11-23-12-6-18/h1-6,11-12,17,19H,7-10,13-16H2. The third-order valence-electron chi connectivity index (χ3n) is 5.82. The fraction of sp³-hybridized carbons (Fsp3) is 0.476. The SMILES string of the molecule is O=S(=O)(c1ccccc1Br)N1CCC(N2CCC(Oc3ccncc3)CC2)CC1. The molecule has 6 nitrogen and oxygen atoms in total. The van der Waals surface area contributed by atoms with Crippen LogP contribution in [-0.4, -0.2) is 60.9 Å². The normalized spacial score (nSPS) is 20.6. The van der Waals surface area contributed by atoms with Gasteiger partial charge in [-0.25, -0.2) is 8.42 Å². The highest BCUT2D eigenvalue weighted by Gasteiger charge is 2.34. The summed E-state index contributed by atoms with van der Waals surface area (Å²) in [4.78, 5) is 6.88. The van der Waals surface area contributed by atoms with Crippen LogP contribution in [0.1, 0.15) is 25.7 Å². The summed E-state index contributed by atoms with van der Waals surface area (Å²) in [7, 11) is -3.45. The molecule has 8 heteroatoms. The predicted molar refractivity (Wildman–Crippen MR) is 115 cm³/mol. The number of ether oxygens (including phenoxy) is 1. The van der Waals surface area contributed by atoms with Gasteiger partial charge in [0.05, 0.1) is 4.90 Å². The highest BCUT2D eigenvalue weighted by molar-refractivity contribution is 9.10. The number of halogens is 1. The molecule has 0 saturated carbocycles. The second-order valence-electron chi connectivity index (χ2n) is 7.60. The number of rotatable bonds is 5. The molecule has 2 saturated heterocycles. The van der Waals surface area contributed by atoms with Gasteiger partial charge in [-0.15, -0.1) is 0 Å². The first kappa shape index (κ1) is 20.8. The van der Waals surface area contributed by atoms with Crippen LogP contribution in [0.5, 0.6) is 5.75 Å². The van der Waals surface area contributed by atoms with Gasteiger partial charge in [-0.1, -0.05) is 12.1 Å². The maximum Gasteiger partial charge on any atom is 0.244 e. The Morgan fingerprint density at radius 1 is 0.931 bits per heavy atom. The highest BCUT2D eigenvalue weighted by atomic mass is 79.9. The first-order chi connectivity index (χ1) is 14.0. The zero-order valence-corrected chi connectivity index (χ0v) is 18.7. The van der Waals surface area contributed by atoms with Crippen molar-refractivity contribution in [3.8, 4) is 5.75 Å². The van der Waals surface area contributed by atoms with E-state index < -0.39 is 10.0 Å². The van der Waals surface area contributed by atoms with Gasteiger partial charge in [0.2, 0.25) is 10.0 Å². The van der Waals surface area contributed by atoms with E-state index in [9.17, 15) is 8.42 Å². The number of piperidine rings is 2. The Morgan fingerprint density at radius 2 is 1.59 bits per heavy atom. The highest BCUT2D eigenvalue weighted by Crippen LogP contribution is 2.29. The molecule has 2 aromatic rings. The van der Waals surface area contributed by atoms with Gasteiger partial charge >= 0.3 is 0 Å². The minimum Gasteiger partial charge on any atom is -0.490 e. The van der Waals surface area contributed by atoms with Crippen LogP contribution < -0.4 is 4.74 Å².